The van der Waals surface area contributed by atoms with Gasteiger partial charge in [-0.3, -0.25) is 4.79 Å². The Morgan fingerprint density at radius 1 is 1.42 bits per heavy atom. The zero-order chi connectivity index (χ0) is 9.72. The van der Waals surface area contributed by atoms with Gasteiger partial charge in [0, 0.05) is 12.6 Å². The van der Waals surface area contributed by atoms with Crippen LogP contribution in [-0.4, -0.2) is 5.91 Å². The minimum absolute atomic E-state index is 0.0414. The molecule has 12 heavy (non-hydrogen) atoms. The van der Waals surface area contributed by atoms with Crippen LogP contribution in [0.4, 0.5) is 0 Å². The molecule has 2 nitrogen and oxygen atoms in total. The average Bonchev–Trinajstić information content (AvgIpc) is 1.84. The summed E-state index contributed by atoms with van der Waals surface area (Å²) in [6.45, 7) is 11.4. The molecular formula is C10H17NO. The number of allylic oxidation sites excluding steroid dienone is 3. The first-order chi connectivity index (χ1) is 5.43. The fourth-order valence-corrected chi connectivity index (χ4v) is 0.759. The standard InChI is InChI=1S/C10H17NO/c1-7(2)8(3)6-9(4)11-10(5)12/h6-7H,3H2,1-2,4-5H3,(H,11,12)/b9-6-. The van der Waals surface area contributed by atoms with Crippen LogP contribution in [0.2, 0.25) is 0 Å². The van der Waals surface area contributed by atoms with E-state index in [9.17, 15) is 4.79 Å². The summed E-state index contributed by atoms with van der Waals surface area (Å²) in [7, 11) is 0. The van der Waals surface area contributed by atoms with Gasteiger partial charge in [0.05, 0.1) is 0 Å². The third-order valence-electron chi connectivity index (χ3n) is 1.52. The first-order valence-electron chi connectivity index (χ1n) is 4.08. The highest BCUT2D eigenvalue weighted by Crippen LogP contribution is 2.09. The Balaban J connectivity index is 4.16. The number of carbonyl (C=O) groups is 1. The second-order valence-electron chi connectivity index (χ2n) is 3.24. The molecule has 1 amide bonds. The van der Waals surface area contributed by atoms with E-state index in [1.54, 1.807) is 0 Å². The van der Waals surface area contributed by atoms with Crippen molar-refractivity contribution in [2.45, 2.75) is 27.7 Å². The first-order valence-corrected chi connectivity index (χ1v) is 4.08. The first kappa shape index (κ1) is 11.0. The zero-order valence-electron chi connectivity index (χ0n) is 8.27. The molecule has 0 unspecified atom stereocenters. The Hall–Kier alpha value is -1.05. The highest BCUT2D eigenvalue weighted by atomic mass is 16.1. The average molecular weight is 167 g/mol. The predicted molar refractivity (Wildman–Crippen MR) is 51.6 cm³/mol. The van der Waals surface area contributed by atoms with Crippen LogP contribution >= 0.6 is 0 Å². The molecule has 0 aromatic rings. The maximum absolute atomic E-state index is 10.6. The quantitative estimate of drug-likeness (QED) is 0.642. The van der Waals surface area contributed by atoms with Gasteiger partial charge < -0.3 is 5.32 Å². The van der Waals surface area contributed by atoms with Gasteiger partial charge in [0.1, 0.15) is 0 Å². The van der Waals surface area contributed by atoms with Gasteiger partial charge in [0.15, 0.2) is 0 Å². The predicted octanol–water partition coefficient (Wildman–Crippen LogP) is 2.24. The van der Waals surface area contributed by atoms with Crippen LogP contribution in [0.25, 0.3) is 0 Å². The molecule has 0 radical (unpaired) electrons. The van der Waals surface area contributed by atoms with Crippen LogP contribution in [0.3, 0.4) is 0 Å². The summed E-state index contributed by atoms with van der Waals surface area (Å²) in [4.78, 5) is 10.6. The summed E-state index contributed by atoms with van der Waals surface area (Å²) in [6, 6.07) is 0. The highest BCUT2D eigenvalue weighted by Gasteiger charge is 1.97. The van der Waals surface area contributed by atoms with Crippen LogP contribution in [0.1, 0.15) is 27.7 Å². The van der Waals surface area contributed by atoms with E-state index in [2.05, 4.69) is 25.7 Å². The molecule has 0 aliphatic carbocycles. The van der Waals surface area contributed by atoms with E-state index in [1.807, 2.05) is 13.0 Å². The Bertz CT molecular complexity index is 214. The highest BCUT2D eigenvalue weighted by molar-refractivity contribution is 5.74. The lowest BCUT2D eigenvalue weighted by Crippen LogP contribution is -2.17. The van der Waals surface area contributed by atoms with Crippen molar-refractivity contribution in [3.8, 4) is 0 Å². The van der Waals surface area contributed by atoms with Crippen molar-refractivity contribution in [3.05, 3.63) is 23.9 Å². The van der Waals surface area contributed by atoms with Gasteiger partial charge in [0.2, 0.25) is 5.91 Å². The Labute approximate surface area is 74.4 Å². The number of nitrogens with one attached hydrogen (secondary N) is 1. The Morgan fingerprint density at radius 2 is 1.92 bits per heavy atom. The molecule has 0 bridgehead atoms. The third kappa shape index (κ3) is 4.72. The zero-order valence-corrected chi connectivity index (χ0v) is 8.27. The summed E-state index contributed by atoms with van der Waals surface area (Å²) in [5.74, 6) is 0.383. The number of amides is 1. The summed E-state index contributed by atoms with van der Waals surface area (Å²) >= 11 is 0. The number of hydrogen-bond acceptors (Lipinski definition) is 1. The fourth-order valence-electron chi connectivity index (χ4n) is 0.759. The van der Waals surface area contributed by atoms with Crippen LogP contribution < -0.4 is 5.32 Å². The van der Waals surface area contributed by atoms with Gasteiger partial charge in [-0.25, -0.2) is 0 Å². The fraction of sp³-hybridized carbons (Fsp3) is 0.500. The second kappa shape index (κ2) is 4.75. The van der Waals surface area contributed by atoms with Crippen LogP contribution in [0.5, 0.6) is 0 Å². The smallest absolute Gasteiger partial charge is 0.220 e. The topological polar surface area (TPSA) is 29.1 Å². The third-order valence-corrected chi connectivity index (χ3v) is 1.52. The molecule has 0 aromatic heterocycles. The lowest BCUT2D eigenvalue weighted by Gasteiger charge is -2.06. The van der Waals surface area contributed by atoms with E-state index in [0.29, 0.717) is 5.92 Å². The molecule has 0 saturated carbocycles. The number of carbonyl (C=O) groups excluding carboxylic acids is 1. The van der Waals surface area contributed by atoms with Gasteiger partial charge in [-0.15, -0.1) is 0 Å². The SMILES string of the molecule is C=C(/C=C(/C)NC(C)=O)C(C)C. The van der Waals surface area contributed by atoms with E-state index in [0.717, 1.165) is 11.3 Å². The molecule has 0 fully saturated rings. The minimum atomic E-state index is -0.0414. The van der Waals surface area contributed by atoms with E-state index in [4.69, 9.17) is 0 Å². The molecule has 0 atom stereocenters. The maximum Gasteiger partial charge on any atom is 0.220 e. The van der Waals surface area contributed by atoms with Gasteiger partial charge >= 0.3 is 0 Å². The van der Waals surface area contributed by atoms with Gasteiger partial charge in [-0.05, 0) is 18.9 Å². The molecule has 1 N–H and O–H groups in total. The minimum Gasteiger partial charge on any atom is -0.330 e. The molecule has 0 aliphatic rings. The molecule has 0 aromatic carbocycles. The Morgan fingerprint density at radius 3 is 2.25 bits per heavy atom. The van der Waals surface area contributed by atoms with Gasteiger partial charge in [0.25, 0.3) is 0 Å². The normalized spacial score (nSPS) is 11.6. The lowest BCUT2D eigenvalue weighted by molar-refractivity contribution is -0.118. The molecule has 0 saturated heterocycles. The molecule has 0 spiro atoms. The molecule has 0 aliphatic heterocycles. The number of hydrogen-bond donors (Lipinski definition) is 1. The number of rotatable bonds is 3. The molecule has 2 heteroatoms. The molecule has 68 valence electrons. The van der Waals surface area contributed by atoms with Crippen LogP contribution in [0.15, 0.2) is 23.9 Å². The van der Waals surface area contributed by atoms with Crippen molar-refractivity contribution in [3.63, 3.8) is 0 Å². The maximum atomic E-state index is 10.6. The second-order valence-corrected chi connectivity index (χ2v) is 3.24. The molecule has 0 rings (SSSR count). The van der Waals surface area contributed by atoms with E-state index in [-0.39, 0.29) is 5.91 Å². The van der Waals surface area contributed by atoms with Crippen molar-refractivity contribution in [2.24, 2.45) is 5.92 Å². The van der Waals surface area contributed by atoms with E-state index in [1.165, 1.54) is 6.92 Å². The van der Waals surface area contributed by atoms with E-state index < -0.39 is 0 Å². The molecular weight excluding hydrogens is 150 g/mol. The van der Waals surface area contributed by atoms with E-state index >= 15 is 0 Å². The van der Waals surface area contributed by atoms with Crippen molar-refractivity contribution >= 4 is 5.91 Å². The van der Waals surface area contributed by atoms with Crippen molar-refractivity contribution in [1.82, 2.24) is 5.32 Å². The summed E-state index contributed by atoms with van der Waals surface area (Å²) in [5.41, 5.74) is 1.88. The Kier molecular flexibility index (Phi) is 4.34. The van der Waals surface area contributed by atoms with Crippen LogP contribution in [-0.2, 0) is 4.79 Å². The van der Waals surface area contributed by atoms with Gasteiger partial charge in [-0.1, -0.05) is 26.0 Å². The van der Waals surface area contributed by atoms with Crippen molar-refractivity contribution < 1.29 is 4.79 Å². The van der Waals surface area contributed by atoms with Crippen LogP contribution in [0, 0.1) is 5.92 Å². The monoisotopic (exact) mass is 167 g/mol. The largest absolute Gasteiger partial charge is 0.330 e. The molecule has 0 heterocycles. The van der Waals surface area contributed by atoms with Crippen molar-refractivity contribution in [1.29, 1.82) is 0 Å². The van der Waals surface area contributed by atoms with Gasteiger partial charge in [-0.2, -0.15) is 0 Å². The summed E-state index contributed by atoms with van der Waals surface area (Å²) in [6.07, 6.45) is 1.89. The van der Waals surface area contributed by atoms with Crippen molar-refractivity contribution in [2.75, 3.05) is 0 Å². The summed E-state index contributed by atoms with van der Waals surface area (Å²) < 4.78 is 0. The summed E-state index contributed by atoms with van der Waals surface area (Å²) in [5, 5.41) is 2.69. The lowest BCUT2D eigenvalue weighted by atomic mass is 10.0.